The summed E-state index contributed by atoms with van der Waals surface area (Å²) >= 11 is 0. The third-order valence-electron chi connectivity index (χ3n) is 3.97. The SMILES string of the molecule is COc1ccc(C)cc1NCCN1CCC(C)CC1. The van der Waals surface area contributed by atoms with Gasteiger partial charge in [0.05, 0.1) is 12.8 Å². The Labute approximate surface area is 116 Å². The summed E-state index contributed by atoms with van der Waals surface area (Å²) in [5.74, 6) is 1.83. The summed E-state index contributed by atoms with van der Waals surface area (Å²) < 4.78 is 5.38. The number of piperidine rings is 1. The van der Waals surface area contributed by atoms with E-state index >= 15 is 0 Å². The minimum Gasteiger partial charge on any atom is -0.495 e. The van der Waals surface area contributed by atoms with Gasteiger partial charge in [-0.3, -0.25) is 0 Å². The molecular formula is C16H26N2O. The van der Waals surface area contributed by atoms with Gasteiger partial charge in [0.1, 0.15) is 5.75 Å². The van der Waals surface area contributed by atoms with Gasteiger partial charge in [0.15, 0.2) is 0 Å². The highest BCUT2D eigenvalue weighted by Gasteiger charge is 2.14. The average molecular weight is 262 g/mol. The van der Waals surface area contributed by atoms with E-state index < -0.39 is 0 Å². The molecule has 0 amide bonds. The predicted octanol–water partition coefficient (Wildman–Crippen LogP) is 3.15. The lowest BCUT2D eigenvalue weighted by Crippen LogP contribution is -2.36. The van der Waals surface area contributed by atoms with Crippen LogP contribution < -0.4 is 10.1 Å². The molecule has 0 spiro atoms. The van der Waals surface area contributed by atoms with Crippen LogP contribution in [0.4, 0.5) is 5.69 Å². The van der Waals surface area contributed by atoms with E-state index in [1.807, 2.05) is 6.07 Å². The number of hydrogen-bond acceptors (Lipinski definition) is 3. The quantitative estimate of drug-likeness (QED) is 0.882. The second-order valence-electron chi connectivity index (χ2n) is 5.65. The van der Waals surface area contributed by atoms with Crippen molar-refractivity contribution in [3.05, 3.63) is 23.8 Å². The number of rotatable bonds is 5. The third-order valence-corrected chi connectivity index (χ3v) is 3.97. The summed E-state index contributed by atoms with van der Waals surface area (Å²) in [6, 6.07) is 6.26. The summed E-state index contributed by atoms with van der Waals surface area (Å²) in [6.45, 7) is 9.05. The number of nitrogens with zero attached hydrogens (tertiary/aromatic N) is 1. The summed E-state index contributed by atoms with van der Waals surface area (Å²) in [5, 5.41) is 3.50. The lowest BCUT2D eigenvalue weighted by molar-refractivity contribution is 0.199. The number of hydrogen-bond donors (Lipinski definition) is 1. The maximum Gasteiger partial charge on any atom is 0.141 e. The molecule has 0 aromatic heterocycles. The monoisotopic (exact) mass is 262 g/mol. The summed E-state index contributed by atoms with van der Waals surface area (Å²) in [5.41, 5.74) is 2.36. The van der Waals surface area contributed by atoms with Crippen molar-refractivity contribution in [2.24, 2.45) is 5.92 Å². The van der Waals surface area contributed by atoms with Gasteiger partial charge in [0.25, 0.3) is 0 Å². The normalized spacial score (nSPS) is 17.4. The van der Waals surface area contributed by atoms with Gasteiger partial charge in [-0.1, -0.05) is 13.0 Å². The van der Waals surface area contributed by atoms with Gasteiger partial charge in [-0.25, -0.2) is 0 Å². The fraction of sp³-hybridized carbons (Fsp3) is 0.625. The molecule has 1 aromatic rings. The van der Waals surface area contributed by atoms with Crippen LogP contribution in [0, 0.1) is 12.8 Å². The zero-order valence-electron chi connectivity index (χ0n) is 12.4. The Balaban J connectivity index is 1.80. The lowest BCUT2D eigenvalue weighted by atomic mass is 9.99. The Bertz CT molecular complexity index is 398. The molecule has 2 rings (SSSR count). The van der Waals surface area contributed by atoms with Gasteiger partial charge >= 0.3 is 0 Å². The molecule has 3 heteroatoms. The van der Waals surface area contributed by atoms with Crippen LogP contribution in [-0.2, 0) is 0 Å². The third kappa shape index (κ3) is 4.13. The molecule has 0 unspecified atom stereocenters. The minimum absolute atomic E-state index is 0.904. The Hall–Kier alpha value is -1.22. The van der Waals surface area contributed by atoms with Crippen molar-refractivity contribution in [1.82, 2.24) is 4.90 Å². The largest absolute Gasteiger partial charge is 0.495 e. The molecule has 1 aromatic carbocycles. The second kappa shape index (κ2) is 6.80. The average Bonchev–Trinajstić information content (AvgIpc) is 2.41. The van der Waals surface area contributed by atoms with Crippen LogP contribution in [0.25, 0.3) is 0 Å². The number of anilines is 1. The topological polar surface area (TPSA) is 24.5 Å². The first-order valence-electron chi connectivity index (χ1n) is 7.30. The first-order valence-corrected chi connectivity index (χ1v) is 7.30. The Morgan fingerprint density at radius 3 is 2.74 bits per heavy atom. The molecule has 0 radical (unpaired) electrons. The highest BCUT2D eigenvalue weighted by Crippen LogP contribution is 2.25. The molecule has 0 atom stereocenters. The molecule has 1 N–H and O–H groups in total. The van der Waals surface area contributed by atoms with Crippen LogP contribution >= 0.6 is 0 Å². The molecular weight excluding hydrogens is 236 g/mol. The van der Waals surface area contributed by atoms with E-state index in [-0.39, 0.29) is 0 Å². The lowest BCUT2D eigenvalue weighted by Gasteiger charge is -2.30. The van der Waals surface area contributed by atoms with Crippen molar-refractivity contribution in [2.45, 2.75) is 26.7 Å². The van der Waals surface area contributed by atoms with E-state index in [9.17, 15) is 0 Å². The zero-order valence-corrected chi connectivity index (χ0v) is 12.4. The van der Waals surface area contributed by atoms with Crippen molar-refractivity contribution < 1.29 is 4.74 Å². The van der Waals surface area contributed by atoms with Crippen molar-refractivity contribution >= 4 is 5.69 Å². The molecule has 1 heterocycles. The number of methoxy groups -OCH3 is 1. The first-order chi connectivity index (χ1) is 9.19. The maximum atomic E-state index is 5.38. The fourth-order valence-corrected chi connectivity index (χ4v) is 2.59. The molecule has 3 nitrogen and oxygen atoms in total. The maximum absolute atomic E-state index is 5.38. The molecule has 1 aliphatic rings. The molecule has 0 saturated carbocycles. The first kappa shape index (κ1) is 14.2. The van der Waals surface area contributed by atoms with Gasteiger partial charge < -0.3 is 15.0 Å². The van der Waals surface area contributed by atoms with Gasteiger partial charge in [-0.05, 0) is 56.5 Å². The van der Waals surface area contributed by atoms with E-state index in [0.717, 1.165) is 30.4 Å². The van der Waals surface area contributed by atoms with Crippen molar-refractivity contribution in [2.75, 3.05) is 38.6 Å². The fourth-order valence-electron chi connectivity index (χ4n) is 2.59. The zero-order chi connectivity index (χ0) is 13.7. The van der Waals surface area contributed by atoms with Gasteiger partial charge in [-0.15, -0.1) is 0 Å². The molecule has 0 bridgehead atoms. The summed E-state index contributed by atoms with van der Waals surface area (Å²) in [4.78, 5) is 2.55. The molecule has 19 heavy (non-hydrogen) atoms. The van der Waals surface area contributed by atoms with Crippen LogP contribution in [0.1, 0.15) is 25.3 Å². The Morgan fingerprint density at radius 1 is 1.32 bits per heavy atom. The number of benzene rings is 1. The number of aryl methyl sites for hydroxylation is 1. The minimum atomic E-state index is 0.904. The Kier molecular flexibility index (Phi) is 5.08. The van der Waals surface area contributed by atoms with E-state index in [1.165, 1.54) is 31.5 Å². The van der Waals surface area contributed by atoms with Crippen LogP contribution in [0.2, 0.25) is 0 Å². The highest BCUT2D eigenvalue weighted by atomic mass is 16.5. The van der Waals surface area contributed by atoms with E-state index in [4.69, 9.17) is 4.74 Å². The van der Waals surface area contributed by atoms with E-state index in [0.29, 0.717) is 0 Å². The van der Waals surface area contributed by atoms with Crippen LogP contribution in [0.3, 0.4) is 0 Å². The van der Waals surface area contributed by atoms with Crippen molar-refractivity contribution in [3.8, 4) is 5.75 Å². The highest BCUT2D eigenvalue weighted by molar-refractivity contribution is 5.57. The van der Waals surface area contributed by atoms with Gasteiger partial charge in [0.2, 0.25) is 0 Å². The van der Waals surface area contributed by atoms with E-state index in [1.54, 1.807) is 7.11 Å². The predicted molar refractivity (Wildman–Crippen MR) is 81.1 cm³/mol. The number of likely N-dealkylation sites (tertiary alicyclic amines) is 1. The van der Waals surface area contributed by atoms with Crippen molar-refractivity contribution in [1.29, 1.82) is 0 Å². The molecule has 0 aliphatic carbocycles. The number of nitrogens with one attached hydrogen (secondary N) is 1. The molecule has 1 saturated heterocycles. The van der Waals surface area contributed by atoms with Crippen molar-refractivity contribution in [3.63, 3.8) is 0 Å². The number of ether oxygens (including phenoxy) is 1. The standard InChI is InChI=1S/C16H26N2O/c1-13-6-9-18(10-7-13)11-8-17-15-12-14(2)4-5-16(15)19-3/h4-5,12-13,17H,6-11H2,1-3H3. The Morgan fingerprint density at radius 2 is 2.05 bits per heavy atom. The van der Waals surface area contributed by atoms with Gasteiger partial charge in [-0.2, -0.15) is 0 Å². The van der Waals surface area contributed by atoms with Crippen LogP contribution in [0.5, 0.6) is 5.75 Å². The van der Waals surface area contributed by atoms with Crippen LogP contribution in [0.15, 0.2) is 18.2 Å². The molecule has 1 fully saturated rings. The smallest absolute Gasteiger partial charge is 0.141 e. The van der Waals surface area contributed by atoms with Gasteiger partial charge in [0, 0.05) is 13.1 Å². The second-order valence-corrected chi connectivity index (χ2v) is 5.65. The summed E-state index contributed by atoms with van der Waals surface area (Å²) in [7, 11) is 1.72. The summed E-state index contributed by atoms with van der Waals surface area (Å²) in [6.07, 6.45) is 2.68. The molecule has 1 aliphatic heterocycles. The molecule has 106 valence electrons. The van der Waals surface area contributed by atoms with E-state index in [2.05, 4.69) is 36.2 Å². The van der Waals surface area contributed by atoms with Crippen LogP contribution in [-0.4, -0.2) is 38.2 Å².